The Balaban J connectivity index is 1.37. The van der Waals surface area contributed by atoms with Crippen molar-refractivity contribution in [1.82, 2.24) is 20.4 Å². The number of rotatable bonds is 4. The summed E-state index contributed by atoms with van der Waals surface area (Å²) < 4.78 is 1.92. The first-order valence-corrected chi connectivity index (χ1v) is 9.26. The third kappa shape index (κ3) is 3.16. The molecule has 0 radical (unpaired) electrons. The molecule has 2 aliphatic carbocycles. The van der Waals surface area contributed by atoms with Gasteiger partial charge in [-0.3, -0.25) is 9.48 Å². The van der Waals surface area contributed by atoms with E-state index in [2.05, 4.69) is 21.8 Å². The summed E-state index contributed by atoms with van der Waals surface area (Å²) in [5, 5.41) is 11.2. The quantitative estimate of drug-likeness (QED) is 0.894. The van der Waals surface area contributed by atoms with E-state index >= 15 is 0 Å². The van der Waals surface area contributed by atoms with Crippen molar-refractivity contribution in [3.8, 4) is 0 Å². The average molecular weight is 316 g/mol. The van der Waals surface area contributed by atoms with Gasteiger partial charge >= 0.3 is 0 Å². The highest BCUT2D eigenvalue weighted by molar-refractivity contribution is 5.82. The van der Waals surface area contributed by atoms with Gasteiger partial charge in [-0.2, -0.15) is 5.10 Å². The minimum absolute atomic E-state index is 0.00480. The van der Waals surface area contributed by atoms with E-state index in [-0.39, 0.29) is 11.9 Å². The Morgan fingerprint density at radius 1 is 1.30 bits per heavy atom. The zero-order valence-corrected chi connectivity index (χ0v) is 14.1. The number of hydrogen-bond acceptors (Lipinski definition) is 3. The fourth-order valence-electron chi connectivity index (χ4n) is 4.46. The molecule has 0 bridgehead atoms. The van der Waals surface area contributed by atoms with Crippen molar-refractivity contribution < 1.29 is 4.79 Å². The van der Waals surface area contributed by atoms with Crippen molar-refractivity contribution in [1.29, 1.82) is 0 Å². The molecular formula is C18H28N4O. The number of piperidine rings is 1. The van der Waals surface area contributed by atoms with Crippen LogP contribution in [0.25, 0.3) is 0 Å². The predicted molar refractivity (Wildman–Crippen MR) is 88.9 cm³/mol. The van der Waals surface area contributed by atoms with Crippen molar-refractivity contribution in [3.05, 3.63) is 17.5 Å². The van der Waals surface area contributed by atoms with Gasteiger partial charge in [0.05, 0.1) is 24.0 Å². The number of carbonyl (C=O) groups excluding carboxylic acids is 1. The lowest BCUT2D eigenvalue weighted by Crippen LogP contribution is -2.55. The normalized spacial score (nSPS) is 30.7. The average Bonchev–Trinajstić information content (AvgIpc) is 3.36. The first kappa shape index (κ1) is 15.2. The van der Waals surface area contributed by atoms with Crippen LogP contribution >= 0.6 is 0 Å². The topological polar surface area (TPSA) is 59.0 Å². The second-order valence-electron chi connectivity index (χ2n) is 7.61. The molecule has 3 fully saturated rings. The zero-order chi connectivity index (χ0) is 15.8. The molecule has 0 spiro atoms. The number of carbonyl (C=O) groups is 1. The molecule has 3 aliphatic rings. The Kier molecular flexibility index (Phi) is 4.14. The van der Waals surface area contributed by atoms with E-state index in [9.17, 15) is 4.79 Å². The first-order chi connectivity index (χ1) is 11.2. The van der Waals surface area contributed by atoms with Crippen LogP contribution in [0.15, 0.2) is 6.07 Å². The van der Waals surface area contributed by atoms with E-state index in [1.165, 1.54) is 50.6 Å². The largest absolute Gasteiger partial charge is 0.349 e. The van der Waals surface area contributed by atoms with E-state index in [0.717, 1.165) is 18.2 Å². The van der Waals surface area contributed by atoms with E-state index in [0.29, 0.717) is 18.4 Å². The van der Waals surface area contributed by atoms with Crippen LogP contribution < -0.4 is 10.6 Å². The summed E-state index contributed by atoms with van der Waals surface area (Å²) in [7, 11) is 1.98. The molecule has 2 saturated carbocycles. The number of aromatic nitrogens is 2. The van der Waals surface area contributed by atoms with Gasteiger partial charge in [0.1, 0.15) is 0 Å². The van der Waals surface area contributed by atoms with Crippen molar-refractivity contribution in [2.75, 3.05) is 6.54 Å². The maximum absolute atomic E-state index is 12.7. The second kappa shape index (κ2) is 6.27. The third-order valence-corrected chi connectivity index (χ3v) is 5.99. The molecule has 1 aliphatic heterocycles. The first-order valence-electron chi connectivity index (χ1n) is 9.26. The molecule has 5 nitrogen and oxygen atoms in total. The second-order valence-corrected chi connectivity index (χ2v) is 7.61. The van der Waals surface area contributed by atoms with Crippen LogP contribution in [0.3, 0.4) is 0 Å². The Morgan fingerprint density at radius 3 is 2.96 bits per heavy atom. The Labute approximate surface area is 138 Å². The molecule has 3 atom stereocenters. The number of nitrogens with zero attached hydrogens (tertiary/aromatic N) is 2. The molecule has 4 rings (SSSR count). The smallest absolute Gasteiger partial charge is 0.237 e. The van der Waals surface area contributed by atoms with Crippen molar-refractivity contribution >= 4 is 5.91 Å². The van der Waals surface area contributed by atoms with E-state index < -0.39 is 0 Å². The van der Waals surface area contributed by atoms with Gasteiger partial charge in [0, 0.05) is 13.0 Å². The molecule has 1 amide bonds. The van der Waals surface area contributed by atoms with E-state index in [1.54, 1.807) is 0 Å². The molecule has 0 aromatic carbocycles. The molecular weight excluding hydrogens is 288 g/mol. The van der Waals surface area contributed by atoms with Crippen LogP contribution in [0.2, 0.25) is 0 Å². The number of amides is 1. The third-order valence-electron chi connectivity index (χ3n) is 5.99. The summed E-state index contributed by atoms with van der Waals surface area (Å²) in [5.41, 5.74) is 2.30. The summed E-state index contributed by atoms with van der Waals surface area (Å²) in [6.45, 7) is 1.57. The highest BCUT2D eigenvalue weighted by Crippen LogP contribution is 2.39. The molecule has 23 heavy (non-hydrogen) atoms. The molecule has 1 aromatic rings. The fourth-order valence-corrected chi connectivity index (χ4v) is 4.46. The molecule has 3 unspecified atom stereocenters. The predicted octanol–water partition coefficient (Wildman–Crippen LogP) is 2.08. The SMILES string of the molecule is Cn1nc(C2CC2)cc1CNC(=O)C1NCCC2CCCCC21. The monoisotopic (exact) mass is 316 g/mol. The number of hydrogen-bond donors (Lipinski definition) is 2. The lowest BCUT2D eigenvalue weighted by molar-refractivity contribution is -0.126. The summed E-state index contributed by atoms with van der Waals surface area (Å²) in [4.78, 5) is 12.7. The molecule has 2 N–H and O–H groups in total. The van der Waals surface area contributed by atoms with Gasteiger partial charge in [0.2, 0.25) is 5.91 Å². The van der Waals surface area contributed by atoms with Crippen LogP contribution in [0.1, 0.15) is 62.3 Å². The lowest BCUT2D eigenvalue weighted by atomic mass is 9.71. The molecule has 126 valence electrons. The minimum Gasteiger partial charge on any atom is -0.349 e. The van der Waals surface area contributed by atoms with Gasteiger partial charge in [-0.05, 0) is 50.1 Å². The summed E-state index contributed by atoms with van der Waals surface area (Å²) in [6.07, 6.45) is 8.89. The van der Waals surface area contributed by atoms with Crippen LogP contribution in [0.5, 0.6) is 0 Å². The van der Waals surface area contributed by atoms with Crippen LogP contribution in [-0.4, -0.2) is 28.3 Å². The number of aryl methyl sites for hydroxylation is 1. The lowest BCUT2D eigenvalue weighted by Gasteiger charge is -2.41. The van der Waals surface area contributed by atoms with Gasteiger partial charge < -0.3 is 10.6 Å². The summed E-state index contributed by atoms with van der Waals surface area (Å²) >= 11 is 0. The molecule has 2 heterocycles. The van der Waals surface area contributed by atoms with E-state index in [4.69, 9.17) is 0 Å². The van der Waals surface area contributed by atoms with Crippen molar-refractivity contribution in [2.24, 2.45) is 18.9 Å². The molecule has 1 saturated heterocycles. The fraction of sp³-hybridized carbons (Fsp3) is 0.778. The Bertz CT molecular complexity index is 576. The highest BCUT2D eigenvalue weighted by Gasteiger charge is 2.38. The van der Waals surface area contributed by atoms with Crippen LogP contribution in [0.4, 0.5) is 0 Å². The Morgan fingerprint density at radius 2 is 2.13 bits per heavy atom. The van der Waals surface area contributed by atoms with Crippen LogP contribution in [0, 0.1) is 11.8 Å². The van der Waals surface area contributed by atoms with Gasteiger partial charge in [0.15, 0.2) is 0 Å². The number of nitrogens with one attached hydrogen (secondary N) is 2. The van der Waals surface area contributed by atoms with E-state index in [1.807, 2.05) is 11.7 Å². The van der Waals surface area contributed by atoms with Gasteiger partial charge in [-0.1, -0.05) is 19.3 Å². The summed E-state index contributed by atoms with van der Waals surface area (Å²) in [5.74, 6) is 2.12. The van der Waals surface area contributed by atoms with Gasteiger partial charge in [-0.25, -0.2) is 0 Å². The molecule has 1 aromatic heterocycles. The minimum atomic E-state index is 0.00480. The standard InChI is InChI=1S/C18H28N4O/c1-22-14(10-16(21-22)13-6-7-13)11-20-18(23)17-15-5-3-2-4-12(15)8-9-19-17/h10,12-13,15,17,19H,2-9,11H2,1H3,(H,20,23). The maximum atomic E-state index is 12.7. The van der Waals surface area contributed by atoms with Crippen molar-refractivity contribution in [2.45, 2.75) is 63.5 Å². The summed E-state index contributed by atoms with van der Waals surface area (Å²) in [6, 6.07) is 2.17. The highest BCUT2D eigenvalue weighted by atomic mass is 16.2. The molecule has 5 heteroatoms. The van der Waals surface area contributed by atoms with Crippen molar-refractivity contribution in [3.63, 3.8) is 0 Å². The zero-order valence-electron chi connectivity index (χ0n) is 14.1. The number of fused-ring (bicyclic) bond motifs is 1. The van der Waals surface area contributed by atoms with Gasteiger partial charge in [-0.15, -0.1) is 0 Å². The maximum Gasteiger partial charge on any atom is 0.237 e. The van der Waals surface area contributed by atoms with Gasteiger partial charge in [0.25, 0.3) is 0 Å². The Hall–Kier alpha value is -1.36. The van der Waals surface area contributed by atoms with Crippen LogP contribution in [-0.2, 0) is 18.4 Å².